The van der Waals surface area contributed by atoms with Crippen LogP contribution in [0.3, 0.4) is 0 Å². The second-order valence-corrected chi connectivity index (χ2v) is 10.8. The summed E-state index contributed by atoms with van der Waals surface area (Å²) in [6.45, 7) is 16.5. The topological polar surface area (TPSA) is 12.5 Å². The SMILES string of the molecule is CCCC(S)C(C)C[Si](C)(C)OCN(CC)CC. The van der Waals surface area contributed by atoms with Gasteiger partial charge in [0, 0.05) is 5.25 Å². The van der Waals surface area contributed by atoms with Crippen LogP contribution >= 0.6 is 12.6 Å². The summed E-state index contributed by atoms with van der Waals surface area (Å²) in [5.41, 5.74) is 0. The number of nitrogens with zero attached hydrogens (tertiary/aromatic N) is 1. The van der Waals surface area contributed by atoms with Crippen LogP contribution in [0, 0.1) is 5.92 Å². The number of hydrogen-bond acceptors (Lipinski definition) is 3. The number of rotatable bonds is 10. The van der Waals surface area contributed by atoms with Gasteiger partial charge < -0.3 is 4.43 Å². The van der Waals surface area contributed by atoms with Crippen molar-refractivity contribution in [3.63, 3.8) is 0 Å². The maximum Gasteiger partial charge on any atom is 0.188 e. The Morgan fingerprint density at radius 3 is 2.17 bits per heavy atom. The number of hydrogen-bond donors (Lipinski definition) is 1. The summed E-state index contributed by atoms with van der Waals surface area (Å²) < 4.78 is 6.20. The molecule has 0 aromatic carbocycles. The van der Waals surface area contributed by atoms with Crippen molar-refractivity contribution < 1.29 is 4.43 Å². The van der Waals surface area contributed by atoms with Crippen LogP contribution in [0.1, 0.15) is 40.5 Å². The van der Waals surface area contributed by atoms with E-state index in [1.165, 1.54) is 18.9 Å². The van der Waals surface area contributed by atoms with E-state index in [2.05, 4.69) is 45.7 Å². The zero-order valence-electron chi connectivity index (χ0n) is 13.2. The minimum absolute atomic E-state index is 0.527. The molecule has 0 aromatic heterocycles. The molecule has 18 heavy (non-hydrogen) atoms. The fourth-order valence-electron chi connectivity index (χ4n) is 2.22. The molecule has 4 heteroatoms. The third-order valence-electron chi connectivity index (χ3n) is 3.59. The van der Waals surface area contributed by atoms with Crippen LogP contribution in [0.2, 0.25) is 19.1 Å². The van der Waals surface area contributed by atoms with E-state index in [0.717, 1.165) is 19.8 Å². The van der Waals surface area contributed by atoms with Gasteiger partial charge in [-0.15, -0.1) is 0 Å². The van der Waals surface area contributed by atoms with Gasteiger partial charge in [0.05, 0.1) is 6.73 Å². The van der Waals surface area contributed by atoms with E-state index in [1.807, 2.05) is 0 Å². The van der Waals surface area contributed by atoms with Crippen LogP contribution in [-0.4, -0.2) is 38.3 Å². The van der Waals surface area contributed by atoms with Crippen molar-refractivity contribution in [1.82, 2.24) is 4.90 Å². The van der Waals surface area contributed by atoms with Gasteiger partial charge in [0.15, 0.2) is 8.32 Å². The third kappa shape index (κ3) is 7.82. The molecule has 0 heterocycles. The average Bonchev–Trinajstić information content (AvgIpc) is 2.30. The molecule has 0 spiro atoms. The quantitative estimate of drug-likeness (QED) is 0.367. The minimum Gasteiger partial charge on any atom is -0.405 e. The second-order valence-electron chi connectivity index (χ2n) is 5.87. The summed E-state index contributed by atoms with van der Waals surface area (Å²) in [6, 6.07) is 1.21. The normalized spacial score (nSPS) is 16.0. The second kappa shape index (κ2) is 9.40. The lowest BCUT2D eigenvalue weighted by Crippen LogP contribution is -2.39. The Balaban J connectivity index is 4.12. The Bertz CT molecular complexity index is 210. The molecule has 0 aliphatic rings. The van der Waals surface area contributed by atoms with Gasteiger partial charge in [-0.3, -0.25) is 4.90 Å². The molecule has 0 rings (SSSR count). The fraction of sp³-hybridized carbons (Fsp3) is 1.00. The van der Waals surface area contributed by atoms with Gasteiger partial charge in [0.2, 0.25) is 0 Å². The molecule has 0 N–H and O–H groups in total. The molecular weight excluding hydrogens is 258 g/mol. The zero-order valence-corrected chi connectivity index (χ0v) is 15.1. The lowest BCUT2D eigenvalue weighted by molar-refractivity contribution is 0.129. The maximum atomic E-state index is 6.20. The molecule has 0 aliphatic carbocycles. The van der Waals surface area contributed by atoms with Crippen molar-refractivity contribution in [2.45, 2.75) is 64.9 Å². The summed E-state index contributed by atoms with van der Waals surface area (Å²) in [7, 11) is -1.54. The summed E-state index contributed by atoms with van der Waals surface area (Å²) in [4.78, 5) is 2.34. The van der Waals surface area contributed by atoms with Crippen molar-refractivity contribution >= 4 is 20.9 Å². The minimum atomic E-state index is -1.54. The van der Waals surface area contributed by atoms with Crippen LogP contribution in [0.15, 0.2) is 0 Å². The molecule has 0 radical (unpaired) electrons. The molecule has 2 atom stereocenters. The van der Waals surface area contributed by atoms with Crippen LogP contribution in [-0.2, 0) is 4.43 Å². The Morgan fingerprint density at radius 2 is 1.72 bits per heavy atom. The summed E-state index contributed by atoms with van der Waals surface area (Å²) in [6.07, 6.45) is 2.44. The molecule has 0 aliphatic heterocycles. The Hall–Kier alpha value is 0.487. The maximum absolute atomic E-state index is 6.20. The summed E-state index contributed by atoms with van der Waals surface area (Å²) >= 11 is 4.72. The average molecular weight is 292 g/mol. The summed E-state index contributed by atoms with van der Waals surface area (Å²) in [5, 5.41) is 0.527. The molecule has 0 saturated carbocycles. The highest BCUT2D eigenvalue weighted by Gasteiger charge is 2.28. The van der Waals surface area contributed by atoms with Gasteiger partial charge >= 0.3 is 0 Å². The standard InChI is InChI=1S/C14H33NOSSi/c1-7-10-14(17)13(4)11-18(5,6)16-12-15(8-2)9-3/h13-14,17H,7-12H2,1-6H3. The molecule has 0 bridgehead atoms. The van der Waals surface area contributed by atoms with Gasteiger partial charge in [0.25, 0.3) is 0 Å². The van der Waals surface area contributed by atoms with E-state index in [4.69, 9.17) is 17.1 Å². The van der Waals surface area contributed by atoms with Crippen molar-refractivity contribution in [1.29, 1.82) is 0 Å². The van der Waals surface area contributed by atoms with Gasteiger partial charge in [-0.05, 0) is 44.6 Å². The van der Waals surface area contributed by atoms with Crippen LogP contribution in [0.4, 0.5) is 0 Å². The van der Waals surface area contributed by atoms with Crippen molar-refractivity contribution in [2.24, 2.45) is 5.92 Å². The van der Waals surface area contributed by atoms with Crippen LogP contribution in [0.25, 0.3) is 0 Å². The van der Waals surface area contributed by atoms with Crippen molar-refractivity contribution in [2.75, 3.05) is 19.8 Å². The highest BCUT2D eigenvalue weighted by molar-refractivity contribution is 7.81. The van der Waals surface area contributed by atoms with E-state index in [1.54, 1.807) is 0 Å². The fourth-order valence-corrected chi connectivity index (χ4v) is 5.27. The monoisotopic (exact) mass is 291 g/mol. The first-order valence-electron chi connectivity index (χ1n) is 7.40. The smallest absolute Gasteiger partial charge is 0.188 e. The molecule has 110 valence electrons. The molecule has 0 saturated heterocycles. The molecule has 2 unspecified atom stereocenters. The highest BCUT2D eigenvalue weighted by atomic mass is 32.1. The summed E-state index contributed by atoms with van der Waals surface area (Å²) in [5.74, 6) is 0.659. The third-order valence-corrected chi connectivity index (χ3v) is 6.89. The van der Waals surface area contributed by atoms with Crippen molar-refractivity contribution in [3.8, 4) is 0 Å². The number of thiol groups is 1. The lowest BCUT2D eigenvalue weighted by atomic mass is 10.1. The molecule has 0 amide bonds. The van der Waals surface area contributed by atoms with E-state index >= 15 is 0 Å². The van der Waals surface area contributed by atoms with Crippen LogP contribution in [0.5, 0.6) is 0 Å². The largest absolute Gasteiger partial charge is 0.405 e. The lowest BCUT2D eigenvalue weighted by Gasteiger charge is -2.31. The van der Waals surface area contributed by atoms with Crippen LogP contribution < -0.4 is 0 Å². The van der Waals surface area contributed by atoms with E-state index < -0.39 is 8.32 Å². The predicted octanol–water partition coefficient (Wildman–Crippen LogP) is 4.24. The Labute approximate surface area is 121 Å². The predicted molar refractivity (Wildman–Crippen MR) is 88.0 cm³/mol. The molecular formula is C14H33NOSSi. The zero-order chi connectivity index (χ0) is 14.2. The van der Waals surface area contributed by atoms with Gasteiger partial charge in [-0.1, -0.05) is 34.1 Å². The first-order valence-corrected chi connectivity index (χ1v) is 11.0. The van der Waals surface area contributed by atoms with Gasteiger partial charge in [-0.2, -0.15) is 12.6 Å². The van der Waals surface area contributed by atoms with E-state index in [9.17, 15) is 0 Å². The van der Waals surface area contributed by atoms with E-state index in [-0.39, 0.29) is 0 Å². The van der Waals surface area contributed by atoms with Gasteiger partial charge in [0.1, 0.15) is 0 Å². The highest BCUT2D eigenvalue weighted by Crippen LogP contribution is 2.26. The molecule has 0 aromatic rings. The molecule has 0 fully saturated rings. The Morgan fingerprint density at radius 1 is 1.17 bits per heavy atom. The van der Waals surface area contributed by atoms with E-state index in [0.29, 0.717) is 11.2 Å². The van der Waals surface area contributed by atoms with Crippen molar-refractivity contribution in [3.05, 3.63) is 0 Å². The Kier molecular flexibility index (Phi) is 9.65. The van der Waals surface area contributed by atoms with Gasteiger partial charge in [-0.25, -0.2) is 0 Å². The molecule has 2 nitrogen and oxygen atoms in total. The first-order chi connectivity index (χ1) is 8.36. The first kappa shape index (κ1) is 18.5.